The van der Waals surface area contributed by atoms with Gasteiger partial charge in [0, 0.05) is 11.8 Å². The molecule has 1 N–H and O–H groups in total. The summed E-state index contributed by atoms with van der Waals surface area (Å²) in [5.41, 5.74) is 1.29. The minimum Gasteiger partial charge on any atom is -0.485 e. The van der Waals surface area contributed by atoms with Gasteiger partial charge in [0.25, 0.3) is 5.91 Å². The van der Waals surface area contributed by atoms with Gasteiger partial charge in [-0.1, -0.05) is 6.07 Å². The molecule has 1 aliphatic rings. The number of carbonyl (C=O) groups excluding carboxylic acids is 3. The van der Waals surface area contributed by atoms with E-state index in [0.717, 1.165) is 0 Å². The molecule has 9 heteroatoms. The van der Waals surface area contributed by atoms with Crippen molar-refractivity contribution in [1.29, 1.82) is 0 Å². The standard InChI is InChI=1S/C25H22FN3O5/c1-16(25(32)28-13-19-4-2-3-11-27-19)29-21-12-17(5-10-23(21)34-15-24(29)31)22(30)14-33-20-8-6-18(26)7-9-20/h2-12,16H,13-15H2,1H3,(H,28,32)/t16-/m1/s1. The number of aromatic nitrogens is 1. The molecule has 0 saturated heterocycles. The fourth-order valence-electron chi connectivity index (χ4n) is 3.48. The lowest BCUT2D eigenvalue weighted by Gasteiger charge is -2.33. The van der Waals surface area contributed by atoms with E-state index >= 15 is 0 Å². The Morgan fingerprint density at radius 2 is 1.97 bits per heavy atom. The molecule has 1 aromatic heterocycles. The number of nitrogens with zero attached hydrogens (tertiary/aromatic N) is 2. The van der Waals surface area contributed by atoms with E-state index in [1.807, 2.05) is 6.07 Å². The molecule has 34 heavy (non-hydrogen) atoms. The second kappa shape index (κ2) is 10.1. The lowest BCUT2D eigenvalue weighted by Crippen LogP contribution is -2.51. The van der Waals surface area contributed by atoms with E-state index in [9.17, 15) is 18.8 Å². The smallest absolute Gasteiger partial charge is 0.265 e. The van der Waals surface area contributed by atoms with E-state index in [2.05, 4.69) is 10.3 Å². The van der Waals surface area contributed by atoms with Crippen molar-refractivity contribution in [2.24, 2.45) is 0 Å². The molecular formula is C25H22FN3O5. The van der Waals surface area contributed by atoms with Crippen molar-refractivity contribution in [3.8, 4) is 11.5 Å². The van der Waals surface area contributed by atoms with Crippen LogP contribution in [0.15, 0.2) is 66.9 Å². The van der Waals surface area contributed by atoms with Gasteiger partial charge < -0.3 is 14.8 Å². The average molecular weight is 463 g/mol. The predicted molar refractivity (Wildman–Crippen MR) is 121 cm³/mol. The number of carbonyl (C=O) groups is 3. The van der Waals surface area contributed by atoms with Crippen molar-refractivity contribution in [3.05, 3.63) is 83.9 Å². The summed E-state index contributed by atoms with van der Waals surface area (Å²) in [5, 5.41) is 2.78. The molecule has 174 valence electrons. The van der Waals surface area contributed by atoms with Crippen molar-refractivity contribution in [3.63, 3.8) is 0 Å². The minimum atomic E-state index is -0.848. The monoisotopic (exact) mass is 463 g/mol. The highest BCUT2D eigenvalue weighted by Crippen LogP contribution is 2.34. The zero-order valence-corrected chi connectivity index (χ0v) is 18.4. The van der Waals surface area contributed by atoms with Gasteiger partial charge in [-0.3, -0.25) is 24.3 Å². The van der Waals surface area contributed by atoms with Crippen LogP contribution in [0.1, 0.15) is 23.0 Å². The highest BCUT2D eigenvalue weighted by Gasteiger charge is 2.33. The molecular weight excluding hydrogens is 441 g/mol. The maximum Gasteiger partial charge on any atom is 0.265 e. The Morgan fingerprint density at radius 3 is 2.71 bits per heavy atom. The van der Waals surface area contributed by atoms with E-state index in [4.69, 9.17) is 9.47 Å². The number of amides is 2. The molecule has 2 amide bonds. The number of ketones is 1. The summed E-state index contributed by atoms with van der Waals surface area (Å²) in [6, 6.07) is 14.5. The molecule has 0 fully saturated rings. The van der Waals surface area contributed by atoms with Crippen LogP contribution in [0.3, 0.4) is 0 Å². The number of ether oxygens (including phenoxy) is 2. The van der Waals surface area contributed by atoms with Crippen LogP contribution in [-0.4, -0.2) is 41.8 Å². The van der Waals surface area contributed by atoms with Crippen LogP contribution in [0, 0.1) is 5.82 Å². The quantitative estimate of drug-likeness (QED) is 0.516. The second-order valence-electron chi connectivity index (χ2n) is 7.62. The maximum atomic E-state index is 13.0. The highest BCUT2D eigenvalue weighted by molar-refractivity contribution is 6.05. The third-order valence-electron chi connectivity index (χ3n) is 5.28. The molecule has 0 aliphatic carbocycles. The van der Waals surface area contributed by atoms with Gasteiger partial charge in [-0.15, -0.1) is 0 Å². The Kier molecular flexibility index (Phi) is 6.82. The van der Waals surface area contributed by atoms with Crippen LogP contribution in [0.4, 0.5) is 10.1 Å². The SMILES string of the molecule is C[C@H](C(=O)NCc1ccccn1)N1C(=O)COc2ccc(C(=O)COc3ccc(F)cc3)cc21. The number of rotatable bonds is 8. The van der Waals surface area contributed by atoms with Crippen molar-refractivity contribution >= 4 is 23.3 Å². The molecule has 0 radical (unpaired) electrons. The van der Waals surface area contributed by atoms with Crippen LogP contribution in [0.25, 0.3) is 0 Å². The molecule has 3 aromatic rings. The molecule has 0 bridgehead atoms. The van der Waals surface area contributed by atoms with Crippen molar-refractivity contribution in [2.45, 2.75) is 19.5 Å². The molecule has 2 aromatic carbocycles. The molecule has 1 atom stereocenters. The molecule has 0 saturated carbocycles. The fraction of sp³-hybridized carbons (Fsp3) is 0.200. The van der Waals surface area contributed by atoms with Gasteiger partial charge >= 0.3 is 0 Å². The number of hydrogen-bond donors (Lipinski definition) is 1. The van der Waals surface area contributed by atoms with Gasteiger partial charge in [0.15, 0.2) is 19.0 Å². The van der Waals surface area contributed by atoms with Gasteiger partial charge in [-0.05, 0) is 61.5 Å². The van der Waals surface area contributed by atoms with E-state index in [-0.39, 0.29) is 37.0 Å². The Balaban J connectivity index is 1.48. The molecule has 1 aliphatic heterocycles. The predicted octanol–water partition coefficient (Wildman–Crippen LogP) is 2.91. The summed E-state index contributed by atoms with van der Waals surface area (Å²) in [7, 11) is 0. The Morgan fingerprint density at radius 1 is 1.18 bits per heavy atom. The molecule has 0 unspecified atom stereocenters. The van der Waals surface area contributed by atoms with Gasteiger partial charge in [-0.25, -0.2) is 4.39 Å². The summed E-state index contributed by atoms with van der Waals surface area (Å²) in [6.07, 6.45) is 1.63. The Bertz CT molecular complexity index is 1200. The first-order valence-electron chi connectivity index (χ1n) is 10.6. The van der Waals surface area contributed by atoms with Gasteiger partial charge in [0.1, 0.15) is 23.4 Å². The van der Waals surface area contributed by atoms with E-state index in [1.165, 1.54) is 35.2 Å². The zero-order chi connectivity index (χ0) is 24.1. The summed E-state index contributed by atoms with van der Waals surface area (Å²) >= 11 is 0. The Labute approximate surface area is 195 Å². The molecule has 0 spiro atoms. The van der Waals surface area contributed by atoms with E-state index < -0.39 is 17.8 Å². The number of benzene rings is 2. The second-order valence-corrected chi connectivity index (χ2v) is 7.62. The van der Waals surface area contributed by atoms with Crippen LogP contribution >= 0.6 is 0 Å². The van der Waals surface area contributed by atoms with Gasteiger partial charge in [0.05, 0.1) is 17.9 Å². The number of Topliss-reactive ketones (excluding diaryl/α,β-unsaturated/α-hetero) is 1. The lowest BCUT2D eigenvalue weighted by molar-refractivity contribution is -0.127. The van der Waals surface area contributed by atoms with Crippen LogP contribution in [0.5, 0.6) is 11.5 Å². The number of halogens is 1. The van der Waals surface area contributed by atoms with Crippen LogP contribution in [0.2, 0.25) is 0 Å². The third kappa shape index (κ3) is 5.20. The van der Waals surface area contributed by atoms with Gasteiger partial charge in [0.2, 0.25) is 5.91 Å². The van der Waals surface area contributed by atoms with Crippen LogP contribution < -0.4 is 19.7 Å². The number of hydrogen-bond acceptors (Lipinski definition) is 6. The first kappa shape index (κ1) is 22.9. The van der Waals surface area contributed by atoms with Crippen molar-refractivity contribution in [1.82, 2.24) is 10.3 Å². The van der Waals surface area contributed by atoms with E-state index in [1.54, 1.807) is 37.4 Å². The number of anilines is 1. The fourth-order valence-corrected chi connectivity index (χ4v) is 3.48. The molecule has 2 heterocycles. The zero-order valence-electron chi connectivity index (χ0n) is 18.4. The first-order valence-corrected chi connectivity index (χ1v) is 10.6. The topological polar surface area (TPSA) is 97.8 Å². The third-order valence-corrected chi connectivity index (χ3v) is 5.28. The maximum absolute atomic E-state index is 13.0. The van der Waals surface area contributed by atoms with E-state index in [0.29, 0.717) is 22.9 Å². The van der Waals surface area contributed by atoms with Crippen molar-refractivity contribution < 1.29 is 28.2 Å². The summed E-state index contributed by atoms with van der Waals surface area (Å²) in [4.78, 5) is 43.6. The number of pyridine rings is 1. The Hall–Kier alpha value is -4.27. The number of fused-ring (bicyclic) bond motifs is 1. The van der Waals surface area contributed by atoms with Crippen LogP contribution in [-0.2, 0) is 16.1 Å². The lowest BCUT2D eigenvalue weighted by atomic mass is 10.1. The van der Waals surface area contributed by atoms with Gasteiger partial charge in [-0.2, -0.15) is 0 Å². The summed E-state index contributed by atoms with van der Waals surface area (Å²) in [5.74, 6) is -0.789. The molecule has 4 rings (SSSR count). The first-order chi connectivity index (χ1) is 16.4. The molecule has 8 nitrogen and oxygen atoms in total. The number of nitrogens with one attached hydrogen (secondary N) is 1. The highest BCUT2D eigenvalue weighted by atomic mass is 19.1. The largest absolute Gasteiger partial charge is 0.485 e. The average Bonchev–Trinajstić information content (AvgIpc) is 2.86. The summed E-state index contributed by atoms with van der Waals surface area (Å²) in [6.45, 7) is 1.33. The minimum absolute atomic E-state index is 0.216. The summed E-state index contributed by atoms with van der Waals surface area (Å²) < 4.78 is 24.0. The van der Waals surface area contributed by atoms with Crippen molar-refractivity contribution in [2.75, 3.05) is 18.1 Å². The normalized spacial score (nSPS) is 13.5.